The fourth-order valence-electron chi connectivity index (χ4n) is 2.06. The summed E-state index contributed by atoms with van der Waals surface area (Å²) in [4.78, 5) is 11.2. The molecule has 0 aromatic carbocycles. The Bertz CT molecular complexity index is 566. The average molecular weight is 319 g/mol. The number of aryl methyl sites for hydroxylation is 1. The molecule has 0 bridgehead atoms. The zero-order chi connectivity index (χ0) is 15.9. The van der Waals surface area contributed by atoms with Crippen molar-refractivity contribution in [2.45, 2.75) is 43.6 Å². The molecule has 0 spiro atoms. The molecule has 120 valence electrons. The molecule has 2 aromatic rings. The monoisotopic (exact) mass is 319 g/mol. The van der Waals surface area contributed by atoms with E-state index in [9.17, 15) is 0 Å². The van der Waals surface area contributed by atoms with Gasteiger partial charge in [0, 0.05) is 49.5 Å². The van der Waals surface area contributed by atoms with E-state index in [1.807, 2.05) is 30.3 Å². The van der Waals surface area contributed by atoms with Crippen molar-refractivity contribution in [3.05, 3.63) is 35.9 Å². The number of aromatic nitrogens is 4. The summed E-state index contributed by atoms with van der Waals surface area (Å²) < 4.78 is 1.84. The Morgan fingerprint density at radius 2 is 1.95 bits per heavy atom. The van der Waals surface area contributed by atoms with Gasteiger partial charge >= 0.3 is 0 Å². The molecule has 0 saturated carbocycles. The average Bonchev–Trinajstić information content (AvgIpc) is 2.92. The molecule has 2 heterocycles. The highest BCUT2D eigenvalue weighted by Crippen LogP contribution is 2.20. The minimum absolute atomic E-state index is 0.563. The van der Waals surface area contributed by atoms with E-state index in [4.69, 9.17) is 0 Å². The van der Waals surface area contributed by atoms with Crippen molar-refractivity contribution >= 4 is 11.8 Å². The molecule has 0 radical (unpaired) electrons. The van der Waals surface area contributed by atoms with Gasteiger partial charge in [-0.15, -0.1) is 0 Å². The lowest BCUT2D eigenvalue weighted by atomic mass is 10.2. The van der Waals surface area contributed by atoms with Crippen LogP contribution in [0.2, 0.25) is 0 Å². The highest BCUT2D eigenvalue weighted by atomic mass is 32.2. The van der Waals surface area contributed by atoms with Crippen LogP contribution in [-0.2, 0) is 20.0 Å². The van der Waals surface area contributed by atoms with Crippen molar-refractivity contribution in [1.29, 1.82) is 0 Å². The van der Waals surface area contributed by atoms with Gasteiger partial charge in [-0.3, -0.25) is 4.68 Å². The van der Waals surface area contributed by atoms with E-state index in [0.29, 0.717) is 5.25 Å². The molecule has 0 fully saturated rings. The third-order valence-corrected chi connectivity index (χ3v) is 4.71. The Morgan fingerprint density at radius 1 is 1.23 bits per heavy atom. The van der Waals surface area contributed by atoms with E-state index in [1.165, 1.54) is 5.56 Å². The lowest BCUT2D eigenvalue weighted by Crippen LogP contribution is -2.20. The molecular weight excluding hydrogens is 294 g/mol. The number of rotatable bonds is 8. The van der Waals surface area contributed by atoms with Crippen molar-refractivity contribution in [1.82, 2.24) is 24.6 Å². The number of likely N-dealkylation sites (N-methyl/N-ethyl adjacent to an activating group) is 1. The maximum atomic E-state index is 4.45. The van der Waals surface area contributed by atoms with E-state index in [-0.39, 0.29) is 0 Å². The molecule has 2 rings (SSSR count). The standard InChI is InChI=1S/C16H25N5S/c1-5-13(2)22-16-17-8-15(9-18-16)11-20(3)7-6-14-10-19-21(4)12-14/h8-10,12-13H,5-7,11H2,1-4H3/t13-/m1/s1. The summed E-state index contributed by atoms with van der Waals surface area (Å²) in [5, 5.41) is 5.63. The van der Waals surface area contributed by atoms with Crippen LogP contribution in [0, 0.1) is 0 Å². The first kappa shape index (κ1) is 17.0. The van der Waals surface area contributed by atoms with Gasteiger partial charge in [-0.05, 0) is 25.5 Å². The molecule has 1 atom stereocenters. The molecule has 0 amide bonds. The van der Waals surface area contributed by atoms with Crippen LogP contribution in [0.3, 0.4) is 0 Å². The maximum absolute atomic E-state index is 4.45. The Kier molecular flexibility index (Phi) is 6.39. The third-order valence-electron chi connectivity index (χ3n) is 3.56. The van der Waals surface area contributed by atoms with E-state index in [1.54, 1.807) is 11.8 Å². The maximum Gasteiger partial charge on any atom is 0.187 e. The van der Waals surface area contributed by atoms with Crippen LogP contribution in [0.1, 0.15) is 31.4 Å². The van der Waals surface area contributed by atoms with Gasteiger partial charge < -0.3 is 4.90 Å². The van der Waals surface area contributed by atoms with Crippen LogP contribution in [0.25, 0.3) is 0 Å². The lowest BCUT2D eigenvalue weighted by molar-refractivity contribution is 0.330. The normalized spacial score (nSPS) is 12.8. The highest BCUT2D eigenvalue weighted by molar-refractivity contribution is 7.99. The molecule has 0 unspecified atom stereocenters. The molecular formula is C16H25N5S. The number of nitrogens with zero attached hydrogens (tertiary/aromatic N) is 5. The number of hydrogen-bond acceptors (Lipinski definition) is 5. The first-order valence-corrected chi connectivity index (χ1v) is 8.58. The smallest absolute Gasteiger partial charge is 0.187 e. The Morgan fingerprint density at radius 3 is 2.55 bits per heavy atom. The minimum Gasteiger partial charge on any atom is -0.302 e. The van der Waals surface area contributed by atoms with Crippen molar-refractivity contribution in [2.75, 3.05) is 13.6 Å². The Labute approximate surface area is 137 Å². The molecule has 0 aliphatic heterocycles. The molecule has 22 heavy (non-hydrogen) atoms. The van der Waals surface area contributed by atoms with Crippen LogP contribution >= 0.6 is 11.8 Å². The van der Waals surface area contributed by atoms with Gasteiger partial charge in [-0.1, -0.05) is 25.6 Å². The summed E-state index contributed by atoms with van der Waals surface area (Å²) in [7, 11) is 4.07. The summed E-state index contributed by atoms with van der Waals surface area (Å²) in [5.41, 5.74) is 2.42. The Balaban J connectivity index is 1.79. The van der Waals surface area contributed by atoms with E-state index < -0.39 is 0 Å². The van der Waals surface area contributed by atoms with Crippen LogP contribution < -0.4 is 0 Å². The van der Waals surface area contributed by atoms with Crippen molar-refractivity contribution in [3.63, 3.8) is 0 Å². The minimum atomic E-state index is 0.563. The van der Waals surface area contributed by atoms with Crippen LogP contribution in [-0.4, -0.2) is 43.5 Å². The molecule has 0 aliphatic carbocycles. The van der Waals surface area contributed by atoms with E-state index >= 15 is 0 Å². The lowest BCUT2D eigenvalue weighted by Gasteiger charge is -2.16. The fraction of sp³-hybridized carbons (Fsp3) is 0.562. The topological polar surface area (TPSA) is 46.8 Å². The predicted octanol–water partition coefficient (Wildman–Crippen LogP) is 2.78. The van der Waals surface area contributed by atoms with Crippen molar-refractivity contribution < 1.29 is 0 Å². The molecule has 2 aromatic heterocycles. The van der Waals surface area contributed by atoms with Gasteiger partial charge in [-0.2, -0.15) is 5.10 Å². The van der Waals surface area contributed by atoms with E-state index in [2.05, 4.69) is 47.1 Å². The SMILES string of the molecule is CC[C@@H](C)Sc1ncc(CN(C)CCc2cnn(C)c2)cn1. The Hall–Kier alpha value is -1.40. The second-order valence-electron chi connectivity index (χ2n) is 5.72. The zero-order valence-corrected chi connectivity index (χ0v) is 14.7. The van der Waals surface area contributed by atoms with Crippen molar-refractivity contribution in [2.24, 2.45) is 7.05 Å². The van der Waals surface area contributed by atoms with Gasteiger partial charge in [0.05, 0.1) is 6.20 Å². The van der Waals surface area contributed by atoms with Gasteiger partial charge in [0.25, 0.3) is 0 Å². The van der Waals surface area contributed by atoms with Gasteiger partial charge in [0.1, 0.15) is 0 Å². The summed E-state index contributed by atoms with van der Waals surface area (Å²) >= 11 is 1.74. The fourth-order valence-corrected chi connectivity index (χ4v) is 2.81. The third kappa shape index (κ3) is 5.42. The molecule has 5 nitrogen and oxygen atoms in total. The molecule has 6 heteroatoms. The quantitative estimate of drug-likeness (QED) is 0.553. The van der Waals surface area contributed by atoms with Crippen molar-refractivity contribution in [3.8, 4) is 0 Å². The first-order valence-electron chi connectivity index (χ1n) is 7.70. The molecule has 0 aliphatic rings. The summed E-state index contributed by atoms with van der Waals surface area (Å²) in [6, 6.07) is 0. The second-order valence-corrected chi connectivity index (χ2v) is 7.13. The van der Waals surface area contributed by atoms with Gasteiger partial charge in [0.2, 0.25) is 0 Å². The van der Waals surface area contributed by atoms with Crippen LogP contribution in [0.15, 0.2) is 29.9 Å². The molecule has 0 saturated heterocycles. The van der Waals surface area contributed by atoms with Gasteiger partial charge in [-0.25, -0.2) is 9.97 Å². The summed E-state index contributed by atoms with van der Waals surface area (Å²) in [6.45, 7) is 6.25. The van der Waals surface area contributed by atoms with Crippen LogP contribution in [0.4, 0.5) is 0 Å². The summed E-state index contributed by atoms with van der Waals surface area (Å²) in [5.74, 6) is 0. The highest BCUT2D eigenvalue weighted by Gasteiger charge is 2.06. The largest absolute Gasteiger partial charge is 0.302 e. The summed E-state index contributed by atoms with van der Waals surface area (Å²) in [6.07, 6.45) is 10.0. The molecule has 0 N–H and O–H groups in total. The first-order chi connectivity index (χ1) is 10.6. The second kappa shape index (κ2) is 8.29. The predicted molar refractivity (Wildman–Crippen MR) is 90.9 cm³/mol. The van der Waals surface area contributed by atoms with Crippen LogP contribution in [0.5, 0.6) is 0 Å². The van der Waals surface area contributed by atoms with E-state index in [0.717, 1.165) is 36.7 Å². The zero-order valence-electron chi connectivity index (χ0n) is 13.9. The number of hydrogen-bond donors (Lipinski definition) is 0. The number of thioether (sulfide) groups is 1. The van der Waals surface area contributed by atoms with Gasteiger partial charge in [0.15, 0.2) is 5.16 Å².